The van der Waals surface area contributed by atoms with E-state index in [1.54, 1.807) is 18.2 Å². The van der Waals surface area contributed by atoms with E-state index in [1.807, 2.05) is 18.7 Å². The number of hydrogen-bond donors (Lipinski definition) is 1. The number of rotatable bonds is 4. The average Bonchev–Trinajstić information content (AvgIpc) is 3.17. The number of carbonyl (C=O) groups excluding carboxylic acids is 1. The fourth-order valence-corrected chi connectivity index (χ4v) is 4.03. The van der Waals surface area contributed by atoms with Crippen molar-refractivity contribution in [1.29, 1.82) is 0 Å². The molecule has 0 aromatic heterocycles. The Morgan fingerprint density at radius 2 is 1.90 bits per heavy atom. The third kappa shape index (κ3) is 2.96. The van der Waals surface area contributed by atoms with E-state index in [2.05, 4.69) is 4.72 Å². The highest BCUT2D eigenvalue weighted by Gasteiger charge is 2.40. The monoisotopic (exact) mass is 308 g/mol. The van der Waals surface area contributed by atoms with Crippen molar-refractivity contribution >= 4 is 15.9 Å². The number of aryl methyl sites for hydroxylation is 2. The molecule has 6 heteroatoms. The third-order valence-corrected chi connectivity index (χ3v) is 5.77. The molecule has 1 aromatic rings. The number of benzene rings is 1. The largest absolute Gasteiger partial charge is 0.338 e. The van der Waals surface area contributed by atoms with Crippen LogP contribution in [0.25, 0.3) is 0 Å². The first-order valence-corrected chi connectivity index (χ1v) is 8.74. The van der Waals surface area contributed by atoms with Gasteiger partial charge in [-0.1, -0.05) is 6.07 Å². The maximum Gasteiger partial charge on any atom is 0.240 e. The molecule has 1 saturated heterocycles. The molecule has 1 N–H and O–H groups in total. The maximum absolute atomic E-state index is 12.4. The molecule has 2 aliphatic rings. The van der Waals surface area contributed by atoms with Crippen LogP contribution in [0, 0.1) is 13.8 Å². The van der Waals surface area contributed by atoms with Gasteiger partial charge in [-0.15, -0.1) is 0 Å². The minimum absolute atomic E-state index is 0.0605. The van der Waals surface area contributed by atoms with Gasteiger partial charge in [0.25, 0.3) is 0 Å². The Balaban J connectivity index is 1.74. The summed E-state index contributed by atoms with van der Waals surface area (Å²) in [6.45, 7) is 4.33. The molecule has 1 amide bonds. The van der Waals surface area contributed by atoms with Crippen LogP contribution in [0.15, 0.2) is 23.1 Å². The van der Waals surface area contributed by atoms with Gasteiger partial charge in [0.15, 0.2) is 0 Å². The van der Waals surface area contributed by atoms with Crippen LogP contribution in [0.1, 0.15) is 30.4 Å². The van der Waals surface area contributed by atoms with Crippen molar-refractivity contribution in [2.75, 3.05) is 6.54 Å². The van der Waals surface area contributed by atoms with E-state index in [9.17, 15) is 13.2 Å². The number of hydrogen-bond acceptors (Lipinski definition) is 3. The number of amides is 1. The third-order valence-electron chi connectivity index (χ3n) is 4.26. The number of carbonyl (C=O) groups is 1. The number of nitrogens with one attached hydrogen (secondary N) is 1. The SMILES string of the molecule is Cc1ccc(S(=O)(=O)NC2CC(=O)N(C3CC3)C2)cc1C. The molecular weight excluding hydrogens is 288 g/mol. The predicted octanol–water partition coefficient (Wildman–Crippen LogP) is 1.35. The van der Waals surface area contributed by atoms with E-state index in [0.29, 0.717) is 12.6 Å². The molecular formula is C15H20N2O3S. The Bertz CT molecular complexity index is 680. The Morgan fingerprint density at radius 1 is 1.19 bits per heavy atom. The van der Waals surface area contributed by atoms with Gasteiger partial charge in [-0.2, -0.15) is 0 Å². The van der Waals surface area contributed by atoms with Crippen molar-refractivity contribution in [3.05, 3.63) is 29.3 Å². The van der Waals surface area contributed by atoms with Gasteiger partial charge in [-0.05, 0) is 49.9 Å². The first-order chi connectivity index (χ1) is 9.87. The van der Waals surface area contributed by atoms with Crippen molar-refractivity contribution in [3.63, 3.8) is 0 Å². The molecule has 2 fully saturated rings. The van der Waals surface area contributed by atoms with Crippen molar-refractivity contribution in [3.8, 4) is 0 Å². The summed E-state index contributed by atoms with van der Waals surface area (Å²) < 4.78 is 27.5. The normalized spacial score (nSPS) is 22.9. The van der Waals surface area contributed by atoms with Gasteiger partial charge in [-0.3, -0.25) is 4.79 Å². The summed E-state index contributed by atoms with van der Waals surface area (Å²) in [7, 11) is -3.56. The van der Waals surface area contributed by atoms with Gasteiger partial charge in [0.1, 0.15) is 0 Å². The first-order valence-electron chi connectivity index (χ1n) is 7.26. The summed E-state index contributed by atoms with van der Waals surface area (Å²) in [4.78, 5) is 14.0. The predicted molar refractivity (Wildman–Crippen MR) is 79.4 cm³/mol. The van der Waals surface area contributed by atoms with Gasteiger partial charge in [0, 0.05) is 25.0 Å². The lowest BCUT2D eigenvalue weighted by molar-refractivity contribution is -0.128. The zero-order chi connectivity index (χ0) is 15.2. The summed E-state index contributed by atoms with van der Waals surface area (Å²) in [6.07, 6.45) is 2.35. The van der Waals surface area contributed by atoms with E-state index in [-0.39, 0.29) is 23.3 Å². The Labute approximate surface area is 125 Å². The summed E-state index contributed by atoms with van der Waals surface area (Å²) >= 11 is 0. The maximum atomic E-state index is 12.4. The van der Waals surface area contributed by atoms with E-state index in [4.69, 9.17) is 0 Å². The number of nitrogens with zero attached hydrogens (tertiary/aromatic N) is 1. The first kappa shape index (κ1) is 14.5. The molecule has 1 saturated carbocycles. The van der Waals surface area contributed by atoms with Crippen LogP contribution in [-0.2, 0) is 14.8 Å². The van der Waals surface area contributed by atoms with Gasteiger partial charge >= 0.3 is 0 Å². The van der Waals surface area contributed by atoms with Crippen molar-refractivity contribution < 1.29 is 13.2 Å². The van der Waals surface area contributed by atoms with Gasteiger partial charge in [0.2, 0.25) is 15.9 Å². The highest BCUT2D eigenvalue weighted by Crippen LogP contribution is 2.31. The summed E-state index contributed by atoms with van der Waals surface area (Å²) in [5.74, 6) is 0.0605. The van der Waals surface area contributed by atoms with E-state index in [0.717, 1.165) is 24.0 Å². The minimum Gasteiger partial charge on any atom is -0.338 e. The molecule has 1 aliphatic carbocycles. The Kier molecular flexibility index (Phi) is 3.53. The van der Waals surface area contributed by atoms with Crippen LogP contribution < -0.4 is 4.72 Å². The highest BCUT2D eigenvalue weighted by molar-refractivity contribution is 7.89. The molecule has 3 rings (SSSR count). The highest BCUT2D eigenvalue weighted by atomic mass is 32.2. The van der Waals surface area contributed by atoms with Gasteiger partial charge in [0.05, 0.1) is 4.90 Å². The lowest BCUT2D eigenvalue weighted by atomic mass is 10.1. The second-order valence-electron chi connectivity index (χ2n) is 6.05. The van der Waals surface area contributed by atoms with Gasteiger partial charge < -0.3 is 4.90 Å². The fraction of sp³-hybridized carbons (Fsp3) is 0.533. The quantitative estimate of drug-likeness (QED) is 0.913. The zero-order valence-corrected chi connectivity index (χ0v) is 13.1. The van der Waals surface area contributed by atoms with Crippen molar-refractivity contribution in [2.24, 2.45) is 0 Å². The van der Waals surface area contributed by atoms with Crippen molar-refractivity contribution in [1.82, 2.24) is 9.62 Å². The van der Waals surface area contributed by atoms with E-state index >= 15 is 0 Å². The molecule has 0 radical (unpaired) electrons. The Morgan fingerprint density at radius 3 is 2.52 bits per heavy atom. The standard InChI is InChI=1S/C15H20N2O3S/c1-10-3-6-14(7-11(10)2)21(19,20)16-12-8-15(18)17(9-12)13-4-5-13/h3,6-7,12-13,16H,4-5,8-9H2,1-2H3. The lowest BCUT2D eigenvalue weighted by Gasteiger charge is -2.16. The number of likely N-dealkylation sites (tertiary alicyclic amines) is 1. The van der Waals surface area contributed by atoms with E-state index in [1.165, 1.54) is 0 Å². The van der Waals surface area contributed by atoms with Crippen LogP contribution in [0.2, 0.25) is 0 Å². The van der Waals surface area contributed by atoms with Crippen LogP contribution in [0.5, 0.6) is 0 Å². The molecule has 5 nitrogen and oxygen atoms in total. The molecule has 114 valence electrons. The second kappa shape index (κ2) is 5.10. The van der Waals surface area contributed by atoms with Crippen molar-refractivity contribution in [2.45, 2.75) is 50.1 Å². The molecule has 1 atom stereocenters. The summed E-state index contributed by atoms with van der Waals surface area (Å²) in [5.41, 5.74) is 2.00. The average molecular weight is 308 g/mol. The van der Waals surface area contributed by atoms with Crippen LogP contribution in [0.4, 0.5) is 0 Å². The molecule has 1 aromatic carbocycles. The van der Waals surface area contributed by atoms with Crippen LogP contribution in [0.3, 0.4) is 0 Å². The lowest BCUT2D eigenvalue weighted by Crippen LogP contribution is -2.37. The topological polar surface area (TPSA) is 66.5 Å². The molecule has 1 unspecified atom stereocenters. The summed E-state index contributed by atoms with van der Waals surface area (Å²) in [5, 5.41) is 0. The zero-order valence-electron chi connectivity index (χ0n) is 12.3. The molecule has 1 aliphatic heterocycles. The molecule has 0 spiro atoms. The second-order valence-corrected chi connectivity index (χ2v) is 7.76. The summed E-state index contributed by atoms with van der Waals surface area (Å²) in [6, 6.07) is 5.12. The molecule has 0 bridgehead atoms. The molecule has 1 heterocycles. The van der Waals surface area contributed by atoms with E-state index < -0.39 is 10.0 Å². The Hall–Kier alpha value is -1.40. The number of sulfonamides is 1. The van der Waals surface area contributed by atoms with Crippen LogP contribution >= 0.6 is 0 Å². The fourth-order valence-electron chi connectivity index (χ4n) is 2.72. The minimum atomic E-state index is -3.56. The molecule has 21 heavy (non-hydrogen) atoms. The van der Waals surface area contributed by atoms with Gasteiger partial charge in [-0.25, -0.2) is 13.1 Å². The van der Waals surface area contributed by atoms with Crippen LogP contribution in [-0.4, -0.2) is 37.9 Å². The smallest absolute Gasteiger partial charge is 0.240 e.